The lowest BCUT2D eigenvalue weighted by molar-refractivity contribution is -0.131. The summed E-state index contributed by atoms with van der Waals surface area (Å²) in [7, 11) is 0. The molecule has 0 aliphatic carbocycles. The fourth-order valence-corrected chi connectivity index (χ4v) is 4.56. The van der Waals surface area contributed by atoms with Crippen LogP contribution in [0.1, 0.15) is 31.2 Å². The molecule has 1 aromatic carbocycles. The number of carbonyl (C=O) groups excluding carboxylic acids is 2. The van der Waals surface area contributed by atoms with Crippen LogP contribution in [0.15, 0.2) is 24.3 Å². The molecule has 1 N–H and O–H groups in total. The van der Waals surface area contributed by atoms with E-state index < -0.39 is 0 Å². The molecule has 3 aliphatic heterocycles. The smallest absolute Gasteiger partial charge is 0.242 e. The van der Waals surface area contributed by atoms with E-state index in [9.17, 15) is 9.59 Å². The van der Waals surface area contributed by atoms with Crippen molar-refractivity contribution in [3.8, 4) is 0 Å². The second-order valence-corrected chi connectivity index (χ2v) is 7.60. The van der Waals surface area contributed by atoms with Crippen molar-refractivity contribution in [1.82, 2.24) is 10.2 Å². The molecule has 3 heterocycles. The average molecular weight is 341 g/mol. The maximum absolute atomic E-state index is 12.9. The Labute approximate surface area is 149 Å². The SMILES string of the molecule is O=C(CN1C(=O)CCCc2ccccc21)N1CC[C@@H]2CNC[C@@H]2CC1. The number of carbonyl (C=O) groups is 2. The number of rotatable bonds is 2. The van der Waals surface area contributed by atoms with Gasteiger partial charge >= 0.3 is 0 Å². The summed E-state index contributed by atoms with van der Waals surface area (Å²) in [5.74, 6) is 1.59. The van der Waals surface area contributed by atoms with Crippen LogP contribution in [0.4, 0.5) is 5.69 Å². The lowest BCUT2D eigenvalue weighted by atomic mass is 9.92. The molecule has 1 aromatic rings. The van der Waals surface area contributed by atoms with E-state index in [1.54, 1.807) is 4.90 Å². The Morgan fingerprint density at radius 3 is 2.56 bits per heavy atom. The van der Waals surface area contributed by atoms with Crippen molar-refractivity contribution in [2.45, 2.75) is 32.1 Å². The molecule has 0 unspecified atom stereocenters. The van der Waals surface area contributed by atoms with Crippen molar-refractivity contribution in [3.05, 3.63) is 29.8 Å². The van der Waals surface area contributed by atoms with Gasteiger partial charge in [0.15, 0.2) is 0 Å². The van der Waals surface area contributed by atoms with Crippen molar-refractivity contribution in [3.63, 3.8) is 0 Å². The zero-order valence-electron chi connectivity index (χ0n) is 14.7. The fourth-order valence-electron chi connectivity index (χ4n) is 4.56. The summed E-state index contributed by atoms with van der Waals surface area (Å²) in [6.07, 6.45) is 4.45. The van der Waals surface area contributed by atoms with Crippen LogP contribution in [0.3, 0.4) is 0 Å². The summed E-state index contributed by atoms with van der Waals surface area (Å²) in [6, 6.07) is 8.01. The third kappa shape index (κ3) is 3.43. The quantitative estimate of drug-likeness (QED) is 0.893. The zero-order chi connectivity index (χ0) is 17.2. The molecule has 0 bridgehead atoms. The van der Waals surface area contributed by atoms with E-state index in [1.165, 1.54) is 5.56 Å². The van der Waals surface area contributed by atoms with Crippen molar-refractivity contribution >= 4 is 17.5 Å². The van der Waals surface area contributed by atoms with E-state index in [2.05, 4.69) is 11.4 Å². The maximum atomic E-state index is 12.9. The lowest BCUT2D eigenvalue weighted by Gasteiger charge is -2.27. The summed E-state index contributed by atoms with van der Waals surface area (Å²) in [5, 5.41) is 3.47. The first-order valence-electron chi connectivity index (χ1n) is 9.59. The number of likely N-dealkylation sites (tertiary alicyclic amines) is 1. The highest BCUT2D eigenvalue weighted by Gasteiger charge is 2.32. The minimum absolute atomic E-state index is 0.0780. The molecule has 4 rings (SSSR count). The Hall–Kier alpha value is -1.88. The third-order valence-corrected chi connectivity index (χ3v) is 6.09. The van der Waals surface area contributed by atoms with Gasteiger partial charge in [0.05, 0.1) is 0 Å². The zero-order valence-corrected chi connectivity index (χ0v) is 14.7. The minimum Gasteiger partial charge on any atom is -0.341 e. The van der Waals surface area contributed by atoms with Crippen molar-refractivity contribution < 1.29 is 9.59 Å². The van der Waals surface area contributed by atoms with Gasteiger partial charge in [-0.05, 0) is 62.2 Å². The number of nitrogens with zero attached hydrogens (tertiary/aromatic N) is 2. The molecule has 2 amide bonds. The number of anilines is 1. The van der Waals surface area contributed by atoms with Crippen LogP contribution < -0.4 is 10.2 Å². The number of fused-ring (bicyclic) bond motifs is 2. The minimum atomic E-state index is 0.0780. The molecule has 5 heteroatoms. The molecule has 5 nitrogen and oxygen atoms in total. The highest BCUT2D eigenvalue weighted by Crippen LogP contribution is 2.29. The van der Waals surface area contributed by atoms with Crippen LogP contribution >= 0.6 is 0 Å². The van der Waals surface area contributed by atoms with Crippen LogP contribution in [-0.4, -0.2) is 49.4 Å². The Morgan fingerprint density at radius 1 is 1.08 bits per heavy atom. The highest BCUT2D eigenvalue weighted by molar-refractivity contribution is 5.99. The van der Waals surface area contributed by atoms with Gasteiger partial charge in [0.25, 0.3) is 0 Å². The van der Waals surface area contributed by atoms with E-state index in [0.717, 1.165) is 57.5 Å². The van der Waals surface area contributed by atoms with Gasteiger partial charge in [-0.15, -0.1) is 0 Å². The van der Waals surface area contributed by atoms with E-state index in [4.69, 9.17) is 0 Å². The second kappa shape index (κ2) is 7.16. The van der Waals surface area contributed by atoms with Crippen LogP contribution in [0.5, 0.6) is 0 Å². The summed E-state index contributed by atoms with van der Waals surface area (Å²) in [6.45, 7) is 4.01. The van der Waals surface area contributed by atoms with Crippen LogP contribution in [0, 0.1) is 11.8 Å². The van der Waals surface area contributed by atoms with E-state index in [-0.39, 0.29) is 18.4 Å². The molecule has 2 saturated heterocycles. The Bertz CT molecular complexity index is 646. The number of aryl methyl sites for hydroxylation is 1. The molecule has 0 aromatic heterocycles. The van der Waals surface area contributed by atoms with Gasteiger partial charge in [-0.2, -0.15) is 0 Å². The van der Waals surface area contributed by atoms with Crippen LogP contribution in [0.25, 0.3) is 0 Å². The normalized spacial score (nSPS) is 26.6. The standard InChI is InChI=1S/C20H27N3O2/c24-19-7-3-5-15-4-1-2-6-18(15)23(19)14-20(25)22-10-8-16-12-21-13-17(16)9-11-22/h1-2,4,6,16-17,21H,3,5,7-14H2/t16-,17+. The number of amides is 2. The molecule has 0 saturated carbocycles. The van der Waals surface area contributed by atoms with Gasteiger partial charge in [0, 0.05) is 25.2 Å². The van der Waals surface area contributed by atoms with Gasteiger partial charge < -0.3 is 15.1 Å². The van der Waals surface area contributed by atoms with Gasteiger partial charge in [-0.3, -0.25) is 9.59 Å². The average Bonchev–Trinajstić information content (AvgIpc) is 2.89. The topological polar surface area (TPSA) is 52.7 Å². The number of para-hydroxylation sites is 1. The molecular weight excluding hydrogens is 314 g/mol. The number of benzene rings is 1. The largest absolute Gasteiger partial charge is 0.341 e. The number of nitrogens with one attached hydrogen (secondary N) is 1. The first-order chi connectivity index (χ1) is 12.2. The van der Waals surface area contributed by atoms with E-state index in [1.807, 2.05) is 23.1 Å². The Morgan fingerprint density at radius 2 is 1.80 bits per heavy atom. The molecule has 3 aliphatic rings. The molecule has 2 atom stereocenters. The van der Waals surface area contributed by atoms with Crippen LogP contribution in [-0.2, 0) is 16.0 Å². The van der Waals surface area contributed by atoms with Gasteiger partial charge in [0.1, 0.15) is 6.54 Å². The predicted molar refractivity (Wildman–Crippen MR) is 97.4 cm³/mol. The molecule has 25 heavy (non-hydrogen) atoms. The molecule has 134 valence electrons. The van der Waals surface area contributed by atoms with Crippen molar-refractivity contribution in [2.75, 3.05) is 37.6 Å². The fraction of sp³-hybridized carbons (Fsp3) is 0.600. The van der Waals surface area contributed by atoms with Crippen molar-refractivity contribution in [1.29, 1.82) is 0 Å². The Balaban J connectivity index is 1.47. The molecule has 0 radical (unpaired) electrons. The summed E-state index contributed by atoms with van der Waals surface area (Å²) in [5.41, 5.74) is 2.10. The Kier molecular flexibility index (Phi) is 4.75. The highest BCUT2D eigenvalue weighted by atomic mass is 16.2. The van der Waals surface area contributed by atoms with Gasteiger partial charge in [-0.1, -0.05) is 18.2 Å². The number of hydrogen-bond acceptors (Lipinski definition) is 3. The summed E-state index contributed by atoms with van der Waals surface area (Å²) in [4.78, 5) is 29.2. The predicted octanol–water partition coefficient (Wildman–Crippen LogP) is 1.81. The summed E-state index contributed by atoms with van der Waals surface area (Å²) >= 11 is 0. The van der Waals surface area contributed by atoms with Crippen LogP contribution in [0.2, 0.25) is 0 Å². The maximum Gasteiger partial charge on any atom is 0.242 e. The van der Waals surface area contributed by atoms with E-state index in [0.29, 0.717) is 18.3 Å². The monoisotopic (exact) mass is 341 g/mol. The molecule has 0 spiro atoms. The van der Waals surface area contributed by atoms with Gasteiger partial charge in [0.2, 0.25) is 11.8 Å². The second-order valence-electron chi connectivity index (χ2n) is 7.60. The number of hydrogen-bond donors (Lipinski definition) is 1. The summed E-state index contributed by atoms with van der Waals surface area (Å²) < 4.78 is 0. The molecular formula is C20H27N3O2. The lowest BCUT2D eigenvalue weighted by Crippen LogP contribution is -2.43. The third-order valence-electron chi connectivity index (χ3n) is 6.09. The van der Waals surface area contributed by atoms with Crippen molar-refractivity contribution in [2.24, 2.45) is 11.8 Å². The van der Waals surface area contributed by atoms with Gasteiger partial charge in [-0.25, -0.2) is 0 Å². The van der Waals surface area contributed by atoms with E-state index >= 15 is 0 Å². The first-order valence-corrected chi connectivity index (χ1v) is 9.59. The first kappa shape index (κ1) is 16.6. The molecule has 2 fully saturated rings.